The van der Waals surface area contributed by atoms with Gasteiger partial charge in [-0.2, -0.15) is 0 Å². The lowest BCUT2D eigenvalue weighted by Crippen LogP contribution is -2.18. The third kappa shape index (κ3) is 8.74. The molecule has 3 rings (SSSR count). The van der Waals surface area contributed by atoms with E-state index in [1.54, 1.807) is 13.2 Å². The predicted octanol–water partition coefficient (Wildman–Crippen LogP) is 7.20. The number of fused-ring (bicyclic) bond motifs is 1. The second-order valence-electron chi connectivity index (χ2n) is 9.72. The lowest BCUT2D eigenvalue weighted by atomic mass is 10.1. The third-order valence-electron chi connectivity index (χ3n) is 6.80. The number of phenols is 1. The number of carbonyl (C=O) groups is 1. The third-order valence-corrected chi connectivity index (χ3v) is 6.80. The van der Waals surface area contributed by atoms with E-state index in [1.807, 2.05) is 36.5 Å². The van der Waals surface area contributed by atoms with Crippen LogP contribution in [0.3, 0.4) is 0 Å². The lowest BCUT2D eigenvalue weighted by molar-refractivity contribution is 0.112. The molecule has 5 nitrogen and oxygen atoms in total. The fourth-order valence-corrected chi connectivity index (χ4v) is 4.83. The van der Waals surface area contributed by atoms with Crippen molar-refractivity contribution >= 4 is 17.2 Å². The van der Waals surface area contributed by atoms with E-state index in [0.717, 1.165) is 54.6 Å². The van der Waals surface area contributed by atoms with Crippen LogP contribution in [-0.2, 0) is 13.1 Å². The van der Waals surface area contributed by atoms with Gasteiger partial charge >= 0.3 is 0 Å². The molecule has 2 aromatic carbocycles. The Labute approximate surface area is 210 Å². The highest BCUT2D eigenvalue weighted by atomic mass is 16.5. The quantitative estimate of drug-likeness (QED) is 0.165. The molecule has 5 heteroatoms. The average Bonchev–Trinajstić information content (AvgIpc) is 3.21. The van der Waals surface area contributed by atoms with Gasteiger partial charge in [-0.15, -0.1) is 0 Å². The molecule has 1 heterocycles. The maximum absolute atomic E-state index is 11.4. The summed E-state index contributed by atoms with van der Waals surface area (Å²) in [5, 5.41) is 10.6. The maximum atomic E-state index is 11.4. The summed E-state index contributed by atoms with van der Waals surface area (Å²) in [6, 6.07) is 13.5. The van der Waals surface area contributed by atoms with Crippen molar-refractivity contribution in [1.82, 2.24) is 9.47 Å². The molecule has 190 valence electrons. The summed E-state index contributed by atoms with van der Waals surface area (Å²) in [5.74, 6) is 1.13. The van der Waals surface area contributed by atoms with Crippen LogP contribution in [-0.4, -0.2) is 41.6 Å². The molecule has 0 aliphatic heterocycles. The number of hydrogen-bond donors (Lipinski definition) is 1. The van der Waals surface area contributed by atoms with E-state index in [1.165, 1.54) is 63.4 Å². The van der Waals surface area contributed by atoms with Crippen LogP contribution >= 0.6 is 0 Å². The van der Waals surface area contributed by atoms with Crippen LogP contribution in [0.15, 0.2) is 48.7 Å². The minimum atomic E-state index is 0.347. The highest BCUT2D eigenvalue weighted by Gasteiger charge is 2.09. The smallest absolute Gasteiger partial charge is 0.152 e. The number of rotatable bonds is 17. The summed E-state index contributed by atoms with van der Waals surface area (Å²) in [6.07, 6.45) is 15.8. The molecule has 3 aromatic rings. The van der Waals surface area contributed by atoms with Crippen LogP contribution in [0.5, 0.6) is 11.5 Å². The Morgan fingerprint density at radius 1 is 0.914 bits per heavy atom. The van der Waals surface area contributed by atoms with Gasteiger partial charge in [0, 0.05) is 35.8 Å². The van der Waals surface area contributed by atoms with E-state index in [0.29, 0.717) is 5.75 Å². The van der Waals surface area contributed by atoms with Crippen LogP contribution < -0.4 is 4.74 Å². The summed E-state index contributed by atoms with van der Waals surface area (Å²) in [6.45, 7) is 2.95. The summed E-state index contributed by atoms with van der Waals surface area (Å²) in [5.41, 5.74) is 3.01. The number of hydrogen-bond acceptors (Lipinski definition) is 4. The normalized spacial score (nSPS) is 11.4. The van der Waals surface area contributed by atoms with Gasteiger partial charge in [0.15, 0.2) is 6.29 Å². The molecule has 0 aliphatic carbocycles. The molecule has 1 aromatic heterocycles. The van der Waals surface area contributed by atoms with Crippen molar-refractivity contribution < 1.29 is 14.6 Å². The van der Waals surface area contributed by atoms with Crippen LogP contribution in [0.25, 0.3) is 10.9 Å². The SMILES string of the molecule is COc1ccc2c(c1)c(C=O)cn2CCCCCCCCCCCCN(C)Cc1cccc(O)c1. The number of nitrogens with zero attached hydrogens (tertiary/aromatic N) is 2. The van der Waals surface area contributed by atoms with Crippen LogP contribution in [0.4, 0.5) is 0 Å². The molecule has 0 unspecified atom stereocenters. The Bertz CT molecular complexity index is 1040. The van der Waals surface area contributed by atoms with E-state index >= 15 is 0 Å². The number of aryl methyl sites for hydroxylation is 1. The topological polar surface area (TPSA) is 54.7 Å². The van der Waals surface area contributed by atoms with Gasteiger partial charge in [-0.3, -0.25) is 4.79 Å². The molecule has 0 saturated heterocycles. The Morgan fingerprint density at radius 2 is 1.60 bits per heavy atom. The Kier molecular flexibility index (Phi) is 11.2. The van der Waals surface area contributed by atoms with E-state index in [2.05, 4.69) is 22.6 Å². The van der Waals surface area contributed by atoms with Crippen molar-refractivity contribution in [1.29, 1.82) is 0 Å². The molecule has 0 fully saturated rings. The highest BCUT2D eigenvalue weighted by molar-refractivity contribution is 5.98. The minimum absolute atomic E-state index is 0.347. The first-order valence-electron chi connectivity index (χ1n) is 13.2. The molecule has 0 spiro atoms. The zero-order chi connectivity index (χ0) is 24.9. The minimum Gasteiger partial charge on any atom is -0.508 e. The number of methoxy groups -OCH3 is 1. The fourth-order valence-electron chi connectivity index (χ4n) is 4.83. The molecule has 0 amide bonds. The monoisotopic (exact) mass is 478 g/mol. The first-order valence-corrected chi connectivity index (χ1v) is 13.2. The lowest BCUT2D eigenvalue weighted by Gasteiger charge is -2.16. The highest BCUT2D eigenvalue weighted by Crippen LogP contribution is 2.25. The molecular weight excluding hydrogens is 436 g/mol. The van der Waals surface area contributed by atoms with Crippen LogP contribution in [0, 0.1) is 0 Å². The summed E-state index contributed by atoms with van der Waals surface area (Å²) in [4.78, 5) is 13.8. The molecule has 0 saturated carbocycles. The van der Waals surface area contributed by atoms with Crippen molar-refractivity contribution in [3.05, 3.63) is 59.8 Å². The Balaban J connectivity index is 1.19. The van der Waals surface area contributed by atoms with Gasteiger partial charge in [0.05, 0.1) is 7.11 Å². The summed E-state index contributed by atoms with van der Waals surface area (Å²) < 4.78 is 7.51. The first kappa shape index (κ1) is 26.8. The number of phenolic OH excluding ortho intramolecular Hbond substituents is 1. The van der Waals surface area contributed by atoms with Gasteiger partial charge in [0.25, 0.3) is 0 Å². The zero-order valence-corrected chi connectivity index (χ0v) is 21.5. The van der Waals surface area contributed by atoms with Gasteiger partial charge in [0.1, 0.15) is 11.5 Å². The molecule has 0 aliphatic rings. The molecule has 0 bridgehead atoms. The Hall–Kier alpha value is -2.79. The molecule has 0 radical (unpaired) electrons. The van der Waals surface area contributed by atoms with Crippen molar-refractivity contribution in [2.45, 2.75) is 77.3 Å². The Morgan fingerprint density at radius 3 is 2.26 bits per heavy atom. The van der Waals surface area contributed by atoms with Gasteiger partial charge < -0.3 is 19.3 Å². The van der Waals surface area contributed by atoms with Gasteiger partial charge in [-0.25, -0.2) is 0 Å². The van der Waals surface area contributed by atoms with Gasteiger partial charge in [-0.05, 0) is 62.3 Å². The standard InChI is InChI=1S/C30H42N2O3/c1-31(22-25-14-13-15-27(34)20-25)18-11-9-7-5-3-4-6-8-10-12-19-32-23-26(24-33)29-21-28(35-2)16-17-30(29)32/h13-17,20-21,23-24,34H,3-12,18-19,22H2,1-2H3. The van der Waals surface area contributed by atoms with E-state index in [9.17, 15) is 9.90 Å². The van der Waals surface area contributed by atoms with Gasteiger partial charge in [0.2, 0.25) is 0 Å². The van der Waals surface area contributed by atoms with E-state index in [-0.39, 0.29) is 0 Å². The van der Waals surface area contributed by atoms with Crippen LogP contribution in [0.2, 0.25) is 0 Å². The molecule has 35 heavy (non-hydrogen) atoms. The maximum Gasteiger partial charge on any atom is 0.152 e. The summed E-state index contributed by atoms with van der Waals surface area (Å²) in [7, 11) is 3.81. The molecule has 1 N–H and O–H groups in total. The number of carbonyl (C=O) groups excluding carboxylic acids is 1. The van der Waals surface area contributed by atoms with Crippen molar-refractivity contribution in [3.8, 4) is 11.5 Å². The number of unbranched alkanes of at least 4 members (excludes halogenated alkanes) is 9. The first-order chi connectivity index (χ1) is 17.1. The number of benzene rings is 2. The number of ether oxygens (including phenoxy) is 1. The summed E-state index contributed by atoms with van der Waals surface area (Å²) >= 11 is 0. The van der Waals surface area contributed by atoms with E-state index in [4.69, 9.17) is 4.74 Å². The average molecular weight is 479 g/mol. The number of aromatic nitrogens is 1. The second-order valence-corrected chi connectivity index (χ2v) is 9.72. The second kappa shape index (κ2) is 14.6. The number of aldehydes is 1. The number of aromatic hydroxyl groups is 1. The zero-order valence-electron chi connectivity index (χ0n) is 21.5. The van der Waals surface area contributed by atoms with Crippen molar-refractivity contribution in [3.63, 3.8) is 0 Å². The fraction of sp³-hybridized carbons (Fsp3) is 0.500. The predicted molar refractivity (Wildman–Crippen MR) is 144 cm³/mol. The van der Waals surface area contributed by atoms with Gasteiger partial charge in [-0.1, -0.05) is 63.5 Å². The van der Waals surface area contributed by atoms with Crippen LogP contribution in [0.1, 0.15) is 80.1 Å². The molecule has 0 atom stereocenters. The van der Waals surface area contributed by atoms with Crippen molar-refractivity contribution in [2.75, 3.05) is 20.7 Å². The van der Waals surface area contributed by atoms with Crippen molar-refractivity contribution in [2.24, 2.45) is 0 Å². The molecular formula is C30H42N2O3. The largest absolute Gasteiger partial charge is 0.508 e. The van der Waals surface area contributed by atoms with E-state index < -0.39 is 0 Å².